The zero-order valence-corrected chi connectivity index (χ0v) is 17.8. The van der Waals surface area contributed by atoms with E-state index in [1.165, 1.54) is 5.56 Å². The predicted molar refractivity (Wildman–Crippen MR) is 121 cm³/mol. The highest BCUT2D eigenvalue weighted by Gasteiger charge is 2.27. The van der Waals surface area contributed by atoms with E-state index < -0.39 is 0 Å². The molecule has 5 rings (SSSR count). The Morgan fingerprint density at radius 3 is 2.97 bits per heavy atom. The summed E-state index contributed by atoms with van der Waals surface area (Å²) < 4.78 is 3.74. The Kier molecular flexibility index (Phi) is 5.07. The molecule has 1 fully saturated rings. The van der Waals surface area contributed by atoms with Crippen molar-refractivity contribution in [1.29, 1.82) is 5.26 Å². The molecule has 1 unspecified atom stereocenters. The Balaban J connectivity index is 1.29. The van der Waals surface area contributed by atoms with Crippen LogP contribution in [-0.2, 0) is 6.42 Å². The first-order valence-corrected chi connectivity index (χ1v) is 10.6. The van der Waals surface area contributed by atoms with E-state index in [1.54, 1.807) is 16.9 Å². The molecule has 1 aliphatic heterocycles. The van der Waals surface area contributed by atoms with Crippen LogP contribution in [-0.4, -0.2) is 44.2 Å². The number of para-hydroxylation sites is 1. The van der Waals surface area contributed by atoms with Gasteiger partial charge < -0.3 is 14.6 Å². The molecule has 160 valence electrons. The molecule has 8 heteroatoms. The number of benzene rings is 1. The van der Waals surface area contributed by atoms with Gasteiger partial charge in [-0.3, -0.25) is 4.79 Å². The van der Waals surface area contributed by atoms with Gasteiger partial charge >= 0.3 is 0 Å². The van der Waals surface area contributed by atoms with Crippen LogP contribution >= 0.6 is 0 Å². The Morgan fingerprint density at radius 1 is 1.22 bits per heavy atom. The minimum atomic E-state index is -0.196. The predicted octanol–water partition coefficient (Wildman–Crippen LogP) is 2.90. The summed E-state index contributed by atoms with van der Waals surface area (Å²) in [6.07, 6.45) is 8.69. The maximum absolute atomic E-state index is 12.8. The van der Waals surface area contributed by atoms with Crippen LogP contribution in [0.2, 0.25) is 0 Å². The van der Waals surface area contributed by atoms with E-state index in [9.17, 15) is 4.79 Å². The molecule has 32 heavy (non-hydrogen) atoms. The number of amides is 1. The second kappa shape index (κ2) is 8.19. The quantitative estimate of drug-likeness (QED) is 0.531. The first kappa shape index (κ1) is 19.8. The minimum Gasteiger partial charge on any atom is -0.353 e. The zero-order chi connectivity index (χ0) is 22.1. The molecule has 1 aliphatic rings. The monoisotopic (exact) mass is 425 g/mol. The topological polar surface area (TPSA) is 91.2 Å². The third-order valence-corrected chi connectivity index (χ3v) is 5.91. The van der Waals surface area contributed by atoms with Crippen molar-refractivity contribution in [1.82, 2.24) is 24.5 Å². The van der Waals surface area contributed by atoms with Crippen molar-refractivity contribution in [2.75, 3.05) is 18.0 Å². The minimum absolute atomic E-state index is 0.0239. The number of fused-ring (bicyclic) bond motifs is 1. The summed E-state index contributed by atoms with van der Waals surface area (Å²) in [4.78, 5) is 19.7. The molecule has 1 saturated heterocycles. The number of aryl methyl sites for hydroxylation is 1. The molecule has 4 aromatic rings. The van der Waals surface area contributed by atoms with Crippen LogP contribution < -0.4 is 10.2 Å². The average Bonchev–Trinajstić information content (AvgIpc) is 3.55. The van der Waals surface area contributed by atoms with Gasteiger partial charge in [-0.2, -0.15) is 10.4 Å². The van der Waals surface area contributed by atoms with Crippen molar-refractivity contribution < 1.29 is 4.79 Å². The molecule has 1 amide bonds. The average molecular weight is 425 g/mol. The van der Waals surface area contributed by atoms with Crippen molar-refractivity contribution >= 4 is 17.2 Å². The van der Waals surface area contributed by atoms with Crippen LogP contribution in [0.3, 0.4) is 0 Å². The van der Waals surface area contributed by atoms with Crippen molar-refractivity contribution in [2.45, 2.75) is 25.8 Å². The highest BCUT2D eigenvalue weighted by molar-refractivity contribution is 5.92. The smallest absolute Gasteiger partial charge is 0.272 e. The molecule has 1 atom stereocenters. The lowest BCUT2D eigenvalue weighted by molar-refractivity contribution is 0.0935. The molecule has 1 N–H and O–H groups in total. The number of aromatic nitrogens is 4. The summed E-state index contributed by atoms with van der Waals surface area (Å²) in [5.41, 5.74) is 4.33. The molecule has 1 aromatic carbocycles. The second-order valence-electron chi connectivity index (χ2n) is 8.02. The van der Waals surface area contributed by atoms with Gasteiger partial charge in [0, 0.05) is 43.9 Å². The van der Waals surface area contributed by atoms with Crippen molar-refractivity contribution in [3.8, 4) is 11.8 Å². The Labute approximate surface area is 185 Å². The molecular formula is C24H23N7O. The normalized spacial score (nSPS) is 15.8. The first-order chi connectivity index (χ1) is 15.6. The van der Waals surface area contributed by atoms with Crippen molar-refractivity contribution in [2.24, 2.45) is 0 Å². The van der Waals surface area contributed by atoms with Gasteiger partial charge in [-0.25, -0.2) is 9.67 Å². The summed E-state index contributed by atoms with van der Waals surface area (Å²) in [5.74, 6) is 0.753. The second-order valence-corrected chi connectivity index (χ2v) is 8.02. The van der Waals surface area contributed by atoms with E-state index in [-0.39, 0.29) is 18.4 Å². The van der Waals surface area contributed by atoms with Crippen LogP contribution in [0.15, 0.2) is 61.2 Å². The fraction of sp³-hybridized carbons (Fsp3) is 0.250. The molecule has 0 saturated carbocycles. The number of carbonyl (C=O) groups is 1. The number of nitriles is 1. The SMILES string of the molecule is Cc1ccn2ccnc(N3CCC(NC(=O)c4ccn(-c5ccccc5CC#N)n4)C3)c12. The Morgan fingerprint density at radius 2 is 2.09 bits per heavy atom. The van der Waals surface area contributed by atoms with Gasteiger partial charge in [0.2, 0.25) is 0 Å². The van der Waals surface area contributed by atoms with Gasteiger partial charge in [0.15, 0.2) is 11.5 Å². The van der Waals surface area contributed by atoms with Crippen LogP contribution in [0, 0.1) is 18.3 Å². The molecule has 4 heterocycles. The molecule has 0 aliphatic carbocycles. The van der Waals surface area contributed by atoms with Gasteiger partial charge in [-0.15, -0.1) is 0 Å². The lowest BCUT2D eigenvalue weighted by Gasteiger charge is -2.19. The van der Waals surface area contributed by atoms with E-state index in [0.717, 1.165) is 35.6 Å². The van der Waals surface area contributed by atoms with Crippen LogP contribution in [0.4, 0.5) is 5.82 Å². The number of rotatable bonds is 5. The number of nitrogens with zero attached hydrogens (tertiary/aromatic N) is 6. The molecule has 0 spiro atoms. The summed E-state index contributed by atoms with van der Waals surface area (Å²) in [5, 5.41) is 16.6. The van der Waals surface area contributed by atoms with Crippen LogP contribution in [0.5, 0.6) is 0 Å². The number of carbonyl (C=O) groups excluding carboxylic acids is 1. The Hall–Kier alpha value is -4.12. The highest BCUT2D eigenvalue weighted by Crippen LogP contribution is 2.26. The van der Waals surface area contributed by atoms with Crippen molar-refractivity contribution in [3.05, 3.63) is 78.0 Å². The lowest BCUT2D eigenvalue weighted by atomic mass is 10.1. The number of hydrogen-bond acceptors (Lipinski definition) is 5. The molecule has 0 radical (unpaired) electrons. The summed E-state index contributed by atoms with van der Waals surface area (Å²) in [6, 6.07) is 13.6. The zero-order valence-electron chi connectivity index (χ0n) is 17.8. The largest absolute Gasteiger partial charge is 0.353 e. The van der Waals surface area contributed by atoms with Gasteiger partial charge in [-0.1, -0.05) is 18.2 Å². The van der Waals surface area contributed by atoms with E-state index in [2.05, 4.69) is 43.8 Å². The maximum Gasteiger partial charge on any atom is 0.272 e. The fourth-order valence-corrected chi connectivity index (χ4v) is 4.31. The number of anilines is 1. The van der Waals surface area contributed by atoms with E-state index in [1.807, 2.05) is 42.9 Å². The van der Waals surface area contributed by atoms with E-state index >= 15 is 0 Å². The van der Waals surface area contributed by atoms with E-state index in [0.29, 0.717) is 12.2 Å². The standard InChI is InChI=1S/C24H23N7O/c1-17-7-12-29-15-11-26-23(22(17)29)30-13-8-19(16-30)27-24(32)20-9-14-31(28-20)21-5-3-2-4-18(21)6-10-25/h2-5,7,9,11-12,14-15,19H,6,8,13,16H2,1H3,(H,27,32). The number of nitrogens with one attached hydrogen (secondary N) is 1. The summed E-state index contributed by atoms with van der Waals surface area (Å²) in [6.45, 7) is 3.62. The number of hydrogen-bond donors (Lipinski definition) is 1. The van der Waals surface area contributed by atoms with Crippen molar-refractivity contribution in [3.63, 3.8) is 0 Å². The lowest BCUT2D eigenvalue weighted by Crippen LogP contribution is -2.37. The Bertz CT molecular complexity index is 1330. The van der Waals surface area contributed by atoms with E-state index in [4.69, 9.17) is 5.26 Å². The maximum atomic E-state index is 12.8. The molecule has 3 aromatic heterocycles. The third kappa shape index (κ3) is 3.58. The summed E-state index contributed by atoms with van der Waals surface area (Å²) in [7, 11) is 0. The molecular weight excluding hydrogens is 402 g/mol. The highest BCUT2D eigenvalue weighted by atomic mass is 16.2. The van der Waals surface area contributed by atoms with Crippen LogP contribution in [0.25, 0.3) is 11.2 Å². The van der Waals surface area contributed by atoms with Gasteiger partial charge in [-0.05, 0) is 42.7 Å². The fourth-order valence-electron chi connectivity index (χ4n) is 4.31. The summed E-state index contributed by atoms with van der Waals surface area (Å²) >= 11 is 0. The van der Waals surface area contributed by atoms with Gasteiger partial charge in [0.05, 0.1) is 23.7 Å². The molecule has 0 bridgehead atoms. The molecule has 8 nitrogen and oxygen atoms in total. The van der Waals surface area contributed by atoms with Crippen LogP contribution in [0.1, 0.15) is 28.0 Å². The van der Waals surface area contributed by atoms with Gasteiger partial charge in [0.1, 0.15) is 0 Å². The third-order valence-electron chi connectivity index (χ3n) is 5.91. The first-order valence-electron chi connectivity index (χ1n) is 10.6. The van der Waals surface area contributed by atoms with Gasteiger partial charge in [0.25, 0.3) is 5.91 Å².